The maximum absolute atomic E-state index is 11.5. The van der Waals surface area contributed by atoms with E-state index in [0.717, 1.165) is 12.0 Å². The monoisotopic (exact) mass is 282 g/mol. The predicted octanol–water partition coefficient (Wildman–Crippen LogP) is 2.12. The van der Waals surface area contributed by atoms with Gasteiger partial charge in [-0.1, -0.05) is 37.6 Å². The lowest BCUT2D eigenvalue weighted by Gasteiger charge is -2.08. The van der Waals surface area contributed by atoms with Gasteiger partial charge in [-0.25, -0.2) is 0 Å². The Kier molecular flexibility index (Phi) is 6.36. The highest BCUT2D eigenvalue weighted by atomic mass is 35.5. The summed E-state index contributed by atoms with van der Waals surface area (Å²) in [5.74, 6) is -0.703. The normalized spacial score (nSPS) is 10.3. The van der Waals surface area contributed by atoms with Crippen LogP contribution in [-0.2, 0) is 16.1 Å². The van der Waals surface area contributed by atoms with Gasteiger partial charge in [-0.2, -0.15) is 0 Å². The van der Waals surface area contributed by atoms with E-state index in [-0.39, 0.29) is 0 Å². The number of nitrogens with one attached hydrogen (secondary N) is 2. The van der Waals surface area contributed by atoms with Crippen molar-refractivity contribution in [3.8, 4) is 0 Å². The number of halogens is 1. The molecule has 0 saturated heterocycles. The largest absolute Gasteiger partial charge is 0.348 e. The average Bonchev–Trinajstić information content (AvgIpc) is 2.37. The first-order valence-corrected chi connectivity index (χ1v) is 6.67. The second-order valence-corrected chi connectivity index (χ2v) is 5.18. The molecule has 0 radical (unpaired) electrons. The first-order chi connectivity index (χ1) is 8.99. The summed E-state index contributed by atoms with van der Waals surface area (Å²) in [5.41, 5.74) is 0.896. The minimum atomic E-state index is -0.612. The molecule has 1 rings (SSSR count). The fourth-order valence-corrected chi connectivity index (χ4v) is 1.55. The molecule has 0 spiro atoms. The van der Waals surface area contributed by atoms with Crippen LogP contribution in [-0.4, -0.2) is 18.4 Å². The molecule has 0 atom stereocenters. The van der Waals surface area contributed by atoms with Crippen LogP contribution in [0.5, 0.6) is 0 Å². The highest BCUT2D eigenvalue weighted by Gasteiger charge is 2.12. The summed E-state index contributed by atoms with van der Waals surface area (Å²) >= 11 is 5.76. The number of rotatable bonds is 5. The van der Waals surface area contributed by atoms with Crippen LogP contribution in [0.25, 0.3) is 0 Å². The molecule has 0 fully saturated rings. The van der Waals surface area contributed by atoms with E-state index in [2.05, 4.69) is 24.5 Å². The third-order valence-corrected chi connectivity index (χ3v) is 2.83. The molecule has 104 valence electrons. The summed E-state index contributed by atoms with van der Waals surface area (Å²) < 4.78 is 0. The van der Waals surface area contributed by atoms with Gasteiger partial charge < -0.3 is 10.6 Å². The number of amides is 2. The minimum absolute atomic E-state index is 0.313. The van der Waals surface area contributed by atoms with Gasteiger partial charge >= 0.3 is 11.8 Å². The van der Waals surface area contributed by atoms with Crippen LogP contribution in [0.3, 0.4) is 0 Å². The number of carbonyl (C=O) groups is 2. The topological polar surface area (TPSA) is 58.2 Å². The fraction of sp³-hybridized carbons (Fsp3) is 0.429. The summed E-state index contributed by atoms with van der Waals surface area (Å²) in [6.07, 6.45) is 0.857. The van der Waals surface area contributed by atoms with Crippen LogP contribution in [0.4, 0.5) is 0 Å². The molecule has 2 N–H and O–H groups in total. The van der Waals surface area contributed by atoms with E-state index in [1.807, 2.05) is 0 Å². The molecule has 0 aliphatic heterocycles. The van der Waals surface area contributed by atoms with Gasteiger partial charge in [0.25, 0.3) is 0 Å². The van der Waals surface area contributed by atoms with Crippen molar-refractivity contribution in [1.29, 1.82) is 0 Å². The Hall–Kier alpha value is -1.55. The Balaban J connectivity index is 2.30. The predicted molar refractivity (Wildman–Crippen MR) is 75.8 cm³/mol. The number of benzene rings is 1. The van der Waals surface area contributed by atoms with Gasteiger partial charge in [0.15, 0.2) is 0 Å². The van der Waals surface area contributed by atoms with Gasteiger partial charge in [-0.15, -0.1) is 0 Å². The van der Waals surface area contributed by atoms with Crippen LogP contribution < -0.4 is 10.6 Å². The molecule has 2 amide bonds. The Bertz CT molecular complexity index is 430. The van der Waals surface area contributed by atoms with E-state index in [0.29, 0.717) is 24.0 Å². The van der Waals surface area contributed by atoms with Crippen molar-refractivity contribution >= 4 is 23.4 Å². The first-order valence-electron chi connectivity index (χ1n) is 6.29. The minimum Gasteiger partial charge on any atom is -0.348 e. The molecule has 0 aliphatic carbocycles. The Labute approximate surface area is 118 Å². The molecule has 0 heterocycles. The average molecular weight is 283 g/mol. The third kappa shape index (κ3) is 6.25. The van der Waals surface area contributed by atoms with Crippen LogP contribution in [0, 0.1) is 5.92 Å². The summed E-state index contributed by atoms with van der Waals surface area (Å²) in [4.78, 5) is 23.0. The van der Waals surface area contributed by atoms with Crippen LogP contribution >= 0.6 is 11.6 Å². The van der Waals surface area contributed by atoms with Gasteiger partial charge in [-0.05, 0) is 30.0 Å². The number of hydrogen-bond donors (Lipinski definition) is 2. The highest BCUT2D eigenvalue weighted by Crippen LogP contribution is 2.08. The van der Waals surface area contributed by atoms with Crippen molar-refractivity contribution < 1.29 is 9.59 Å². The zero-order valence-electron chi connectivity index (χ0n) is 11.2. The van der Waals surface area contributed by atoms with Crippen molar-refractivity contribution in [2.75, 3.05) is 6.54 Å². The zero-order valence-corrected chi connectivity index (χ0v) is 12.0. The molecule has 0 aliphatic rings. The van der Waals surface area contributed by atoms with E-state index >= 15 is 0 Å². The maximum atomic E-state index is 11.5. The first kappa shape index (κ1) is 15.5. The molecule has 4 nitrogen and oxygen atoms in total. The lowest BCUT2D eigenvalue weighted by atomic mass is 10.1. The van der Waals surface area contributed by atoms with Crippen LogP contribution in [0.15, 0.2) is 24.3 Å². The lowest BCUT2D eigenvalue weighted by molar-refractivity contribution is -0.139. The molecular weight excluding hydrogens is 264 g/mol. The van der Waals surface area contributed by atoms with E-state index in [1.165, 1.54) is 0 Å². The van der Waals surface area contributed by atoms with Crippen molar-refractivity contribution in [2.24, 2.45) is 5.92 Å². The second-order valence-electron chi connectivity index (χ2n) is 4.75. The molecule has 0 saturated carbocycles. The van der Waals surface area contributed by atoms with E-state index < -0.39 is 11.8 Å². The zero-order chi connectivity index (χ0) is 14.3. The van der Waals surface area contributed by atoms with Gasteiger partial charge in [0, 0.05) is 18.1 Å². The molecular formula is C14H19ClN2O2. The van der Waals surface area contributed by atoms with Crippen molar-refractivity contribution in [2.45, 2.75) is 26.8 Å². The number of hydrogen-bond acceptors (Lipinski definition) is 2. The van der Waals surface area contributed by atoms with Gasteiger partial charge in [0.1, 0.15) is 0 Å². The highest BCUT2D eigenvalue weighted by molar-refractivity contribution is 6.35. The smallest absolute Gasteiger partial charge is 0.309 e. The summed E-state index contributed by atoms with van der Waals surface area (Å²) in [6.45, 7) is 4.96. The van der Waals surface area contributed by atoms with E-state index in [4.69, 9.17) is 11.6 Å². The summed E-state index contributed by atoms with van der Waals surface area (Å²) in [5, 5.41) is 5.79. The quantitative estimate of drug-likeness (QED) is 0.813. The van der Waals surface area contributed by atoms with E-state index in [1.54, 1.807) is 24.3 Å². The lowest BCUT2D eigenvalue weighted by Crippen LogP contribution is -2.40. The third-order valence-electron chi connectivity index (χ3n) is 2.58. The standard InChI is InChI=1S/C14H19ClN2O2/c1-10(2)7-8-16-13(18)14(19)17-9-11-3-5-12(15)6-4-11/h3-6,10H,7-9H2,1-2H3,(H,16,18)(H,17,19). The van der Waals surface area contributed by atoms with Crippen molar-refractivity contribution in [3.63, 3.8) is 0 Å². The molecule has 0 aromatic heterocycles. The van der Waals surface area contributed by atoms with Crippen LogP contribution in [0.2, 0.25) is 5.02 Å². The van der Waals surface area contributed by atoms with Gasteiger partial charge in [0.05, 0.1) is 0 Å². The summed E-state index contributed by atoms with van der Waals surface area (Å²) in [7, 11) is 0. The Morgan fingerprint density at radius 3 is 2.26 bits per heavy atom. The van der Waals surface area contributed by atoms with Gasteiger partial charge in [0.2, 0.25) is 0 Å². The van der Waals surface area contributed by atoms with Crippen molar-refractivity contribution in [3.05, 3.63) is 34.9 Å². The Morgan fingerprint density at radius 2 is 1.68 bits per heavy atom. The summed E-state index contributed by atoms with van der Waals surface area (Å²) in [6, 6.07) is 7.09. The Morgan fingerprint density at radius 1 is 1.11 bits per heavy atom. The molecule has 0 bridgehead atoms. The molecule has 0 unspecified atom stereocenters. The number of carbonyl (C=O) groups excluding carboxylic acids is 2. The van der Waals surface area contributed by atoms with Crippen LogP contribution in [0.1, 0.15) is 25.8 Å². The second kappa shape index (κ2) is 7.79. The maximum Gasteiger partial charge on any atom is 0.309 e. The van der Waals surface area contributed by atoms with E-state index in [9.17, 15) is 9.59 Å². The fourth-order valence-electron chi connectivity index (χ4n) is 1.42. The SMILES string of the molecule is CC(C)CCNC(=O)C(=O)NCc1ccc(Cl)cc1. The molecule has 1 aromatic rings. The molecule has 19 heavy (non-hydrogen) atoms. The molecule has 5 heteroatoms. The molecule has 1 aromatic carbocycles. The van der Waals surface area contributed by atoms with Gasteiger partial charge in [-0.3, -0.25) is 9.59 Å². The van der Waals surface area contributed by atoms with Crippen molar-refractivity contribution in [1.82, 2.24) is 10.6 Å².